The molecule has 1 saturated heterocycles. The van der Waals surface area contributed by atoms with E-state index in [2.05, 4.69) is 5.32 Å². The van der Waals surface area contributed by atoms with Gasteiger partial charge in [-0.2, -0.15) is 0 Å². The quantitative estimate of drug-likeness (QED) is 0.886. The lowest BCUT2D eigenvalue weighted by atomic mass is 10.2. The van der Waals surface area contributed by atoms with Crippen LogP contribution in [0.25, 0.3) is 0 Å². The molecule has 1 aliphatic heterocycles. The molecule has 8 heteroatoms. The Balaban J connectivity index is 1.77. The fourth-order valence-corrected chi connectivity index (χ4v) is 2.54. The second kappa shape index (κ2) is 8.54. The number of hydrogen-bond acceptors (Lipinski definition) is 4. The third-order valence-electron chi connectivity index (χ3n) is 3.65. The van der Waals surface area contributed by atoms with E-state index in [0.717, 1.165) is 0 Å². The van der Waals surface area contributed by atoms with Gasteiger partial charge in [-0.3, -0.25) is 9.59 Å². The Morgan fingerprint density at radius 1 is 1.17 bits per heavy atom. The summed E-state index contributed by atoms with van der Waals surface area (Å²) in [6.07, 6.45) is -0.362. The molecule has 1 heterocycles. The van der Waals surface area contributed by atoms with E-state index in [4.69, 9.17) is 16.3 Å². The Morgan fingerprint density at radius 3 is 2.46 bits per heavy atom. The standard InChI is InChI=1S/C16H20ClN3O4/c1-2-24-16(23)20-8-6-19(7-9-20)14(21)11-18-15(22)12-4-3-5-13(17)10-12/h3-5,10H,2,6-9,11H2,1H3,(H,18,22). The molecule has 1 fully saturated rings. The zero-order valence-corrected chi connectivity index (χ0v) is 14.2. The Hall–Kier alpha value is -2.28. The van der Waals surface area contributed by atoms with Crippen molar-refractivity contribution in [3.8, 4) is 0 Å². The lowest BCUT2D eigenvalue weighted by Crippen LogP contribution is -2.52. The van der Waals surface area contributed by atoms with Crippen LogP contribution in [-0.4, -0.2) is 67.0 Å². The summed E-state index contributed by atoms with van der Waals surface area (Å²) in [6, 6.07) is 6.52. The van der Waals surface area contributed by atoms with Crippen molar-refractivity contribution in [2.24, 2.45) is 0 Å². The molecule has 1 aliphatic rings. The Bertz CT molecular complexity index is 615. The monoisotopic (exact) mass is 353 g/mol. The molecule has 0 aliphatic carbocycles. The summed E-state index contributed by atoms with van der Waals surface area (Å²) in [5.74, 6) is -0.537. The second-order valence-corrected chi connectivity index (χ2v) is 5.70. The lowest BCUT2D eigenvalue weighted by molar-refractivity contribution is -0.131. The Morgan fingerprint density at radius 2 is 1.83 bits per heavy atom. The predicted octanol–water partition coefficient (Wildman–Crippen LogP) is 1.37. The lowest BCUT2D eigenvalue weighted by Gasteiger charge is -2.34. The zero-order chi connectivity index (χ0) is 17.5. The van der Waals surface area contributed by atoms with Gasteiger partial charge >= 0.3 is 6.09 Å². The minimum Gasteiger partial charge on any atom is -0.450 e. The molecule has 130 valence electrons. The van der Waals surface area contributed by atoms with Gasteiger partial charge < -0.3 is 19.9 Å². The highest BCUT2D eigenvalue weighted by atomic mass is 35.5. The van der Waals surface area contributed by atoms with Crippen LogP contribution >= 0.6 is 11.6 Å². The first-order valence-corrected chi connectivity index (χ1v) is 8.12. The van der Waals surface area contributed by atoms with Crippen LogP contribution in [-0.2, 0) is 9.53 Å². The van der Waals surface area contributed by atoms with Crippen molar-refractivity contribution in [2.45, 2.75) is 6.92 Å². The summed E-state index contributed by atoms with van der Waals surface area (Å²) in [4.78, 5) is 38.9. The van der Waals surface area contributed by atoms with Crippen molar-refractivity contribution >= 4 is 29.5 Å². The number of hydrogen-bond donors (Lipinski definition) is 1. The fraction of sp³-hybridized carbons (Fsp3) is 0.438. The molecule has 0 bridgehead atoms. The molecule has 0 saturated carbocycles. The molecule has 24 heavy (non-hydrogen) atoms. The van der Waals surface area contributed by atoms with Gasteiger partial charge in [-0.05, 0) is 25.1 Å². The van der Waals surface area contributed by atoms with E-state index in [-0.39, 0.29) is 24.5 Å². The number of ether oxygens (including phenoxy) is 1. The number of halogens is 1. The molecule has 0 atom stereocenters. The third kappa shape index (κ3) is 4.86. The second-order valence-electron chi connectivity index (χ2n) is 5.26. The SMILES string of the molecule is CCOC(=O)N1CCN(C(=O)CNC(=O)c2cccc(Cl)c2)CC1. The summed E-state index contributed by atoms with van der Waals surface area (Å²) in [6.45, 7) is 3.67. The highest BCUT2D eigenvalue weighted by Crippen LogP contribution is 2.10. The topological polar surface area (TPSA) is 79.0 Å². The summed E-state index contributed by atoms with van der Waals surface area (Å²) in [7, 11) is 0. The Labute approximate surface area is 145 Å². The molecule has 2 rings (SSSR count). The fourth-order valence-electron chi connectivity index (χ4n) is 2.35. The largest absolute Gasteiger partial charge is 0.450 e. The number of carbonyl (C=O) groups is 3. The van der Waals surface area contributed by atoms with Gasteiger partial charge in [-0.15, -0.1) is 0 Å². The van der Waals surface area contributed by atoms with Gasteiger partial charge in [0.2, 0.25) is 5.91 Å². The molecule has 0 aromatic heterocycles. The van der Waals surface area contributed by atoms with Crippen LogP contribution in [0, 0.1) is 0 Å². The normalized spacial score (nSPS) is 14.2. The number of carbonyl (C=O) groups excluding carboxylic acids is 3. The minimum atomic E-state index is -0.362. The van der Waals surface area contributed by atoms with Crippen molar-refractivity contribution < 1.29 is 19.1 Å². The van der Waals surface area contributed by atoms with Crippen LogP contribution in [0.2, 0.25) is 5.02 Å². The van der Waals surface area contributed by atoms with Gasteiger partial charge in [-0.25, -0.2) is 4.79 Å². The number of benzene rings is 1. The highest BCUT2D eigenvalue weighted by Gasteiger charge is 2.24. The number of piperazine rings is 1. The van der Waals surface area contributed by atoms with Crippen molar-refractivity contribution in [2.75, 3.05) is 39.3 Å². The minimum absolute atomic E-state index is 0.0925. The van der Waals surface area contributed by atoms with Crippen molar-refractivity contribution in [3.63, 3.8) is 0 Å². The molecular weight excluding hydrogens is 334 g/mol. The summed E-state index contributed by atoms with van der Waals surface area (Å²) < 4.78 is 4.93. The summed E-state index contributed by atoms with van der Waals surface area (Å²) in [5.41, 5.74) is 0.405. The first kappa shape index (κ1) is 18.1. The van der Waals surface area contributed by atoms with Crippen LogP contribution in [0.1, 0.15) is 17.3 Å². The van der Waals surface area contributed by atoms with Gasteiger partial charge in [0, 0.05) is 36.8 Å². The highest BCUT2D eigenvalue weighted by molar-refractivity contribution is 6.30. The van der Waals surface area contributed by atoms with E-state index in [1.807, 2.05) is 0 Å². The molecule has 3 amide bonds. The maximum Gasteiger partial charge on any atom is 0.409 e. The molecular formula is C16H20ClN3O4. The van der Waals surface area contributed by atoms with Crippen LogP contribution in [0.15, 0.2) is 24.3 Å². The van der Waals surface area contributed by atoms with E-state index >= 15 is 0 Å². The van der Waals surface area contributed by atoms with Gasteiger partial charge in [0.25, 0.3) is 5.91 Å². The van der Waals surface area contributed by atoms with E-state index in [1.54, 1.807) is 41.0 Å². The number of nitrogens with one attached hydrogen (secondary N) is 1. The first-order chi connectivity index (χ1) is 11.5. The van der Waals surface area contributed by atoms with E-state index in [9.17, 15) is 14.4 Å². The molecule has 1 aromatic rings. The van der Waals surface area contributed by atoms with Crippen LogP contribution in [0.5, 0.6) is 0 Å². The van der Waals surface area contributed by atoms with Crippen LogP contribution in [0.4, 0.5) is 4.79 Å². The number of nitrogens with zero attached hydrogens (tertiary/aromatic N) is 2. The van der Waals surface area contributed by atoms with Crippen LogP contribution in [0.3, 0.4) is 0 Å². The zero-order valence-electron chi connectivity index (χ0n) is 13.5. The number of amides is 3. The van der Waals surface area contributed by atoms with Gasteiger partial charge in [-0.1, -0.05) is 17.7 Å². The third-order valence-corrected chi connectivity index (χ3v) is 3.88. The van der Waals surface area contributed by atoms with Crippen molar-refractivity contribution in [1.29, 1.82) is 0 Å². The molecule has 7 nitrogen and oxygen atoms in total. The van der Waals surface area contributed by atoms with E-state index in [0.29, 0.717) is 43.4 Å². The van der Waals surface area contributed by atoms with Gasteiger partial charge in [0.05, 0.1) is 13.2 Å². The van der Waals surface area contributed by atoms with Crippen LogP contribution < -0.4 is 5.32 Å². The van der Waals surface area contributed by atoms with Crippen molar-refractivity contribution in [1.82, 2.24) is 15.1 Å². The molecule has 0 spiro atoms. The predicted molar refractivity (Wildman–Crippen MR) is 89.0 cm³/mol. The first-order valence-electron chi connectivity index (χ1n) is 7.74. The smallest absolute Gasteiger partial charge is 0.409 e. The molecule has 1 aromatic carbocycles. The van der Waals surface area contributed by atoms with E-state index in [1.165, 1.54) is 0 Å². The average Bonchev–Trinajstić information content (AvgIpc) is 2.59. The molecule has 1 N–H and O–H groups in total. The summed E-state index contributed by atoms with van der Waals surface area (Å²) in [5, 5.41) is 3.05. The molecule has 0 unspecified atom stereocenters. The van der Waals surface area contributed by atoms with Gasteiger partial charge in [0.1, 0.15) is 0 Å². The Kier molecular flexibility index (Phi) is 6.43. The maximum absolute atomic E-state index is 12.2. The average molecular weight is 354 g/mol. The summed E-state index contributed by atoms with van der Waals surface area (Å²) >= 11 is 5.84. The van der Waals surface area contributed by atoms with Gasteiger partial charge in [0.15, 0.2) is 0 Å². The maximum atomic E-state index is 12.2. The number of rotatable bonds is 4. The van der Waals surface area contributed by atoms with E-state index < -0.39 is 0 Å². The molecule has 0 radical (unpaired) electrons. The van der Waals surface area contributed by atoms with Crippen molar-refractivity contribution in [3.05, 3.63) is 34.9 Å².